The van der Waals surface area contributed by atoms with Crippen molar-refractivity contribution < 1.29 is 14.9 Å². The van der Waals surface area contributed by atoms with Gasteiger partial charge in [-0.25, -0.2) is 0 Å². The number of phenols is 2. The predicted molar refractivity (Wildman–Crippen MR) is 104 cm³/mol. The number of aromatic hydroxyl groups is 2. The average molecular weight is 358 g/mol. The molecule has 27 heavy (non-hydrogen) atoms. The van der Waals surface area contributed by atoms with Gasteiger partial charge in [0.1, 0.15) is 22.9 Å². The third kappa shape index (κ3) is 3.35. The van der Waals surface area contributed by atoms with Gasteiger partial charge in [-0.2, -0.15) is 5.10 Å². The SMILES string of the molecule is Cc1[nH]nc(-c2ccc(O)cc2O)c1Oc1cccc(-c2ccccc2)c1. The van der Waals surface area contributed by atoms with Crippen LogP contribution in [0.1, 0.15) is 5.69 Å². The van der Waals surface area contributed by atoms with Crippen molar-refractivity contribution in [2.45, 2.75) is 6.92 Å². The number of nitrogens with one attached hydrogen (secondary N) is 1. The zero-order valence-electron chi connectivity index (χ0n) is 14.7. The van der Waals surface area contributed by atoms with Crippen LogP contribution >= 0.6 is 0 Å². The van der Waals surface area contributed by atoms with Crippen LogP contribution in [-0.2, 0) is 0 Å². The van der Waals surface area contributed by atoms with Gasteiger partial charge in [-0.1, -0.05) is 42.5 Å². The van der Waals surface area contributed by atoms with Gasteiger partial charge in [0.05, 0.1) is 5.69 Å². The molecule has 5 heteroatoms. The molecular formula is C22H18N2O3. The summed E-state index contributed by atoms with van der Waals surface area (Å²) in [4.78, 5) is 0. The van der Waals surface area contributed by atoms with Crippen LogP contribution in [0, 0.1) is 6.92 Å². The van der Waals surface area contributed by atoms with Crippen molar-refractivity contribution in [1.82, 2.24) is 10.2 Å². The second kappa shape index (κ2) is 6.88. The molecule has 1 aromatic heterocycles. The van der Waals surface area contributed by atoms with Crippen molar-refractivity contribution in [3.63, 3.8) is 0 Å². The first-order valence-corrected chi connectivity index (χ1v) is 8.52. The second-order valence-electron chi connectivity index (χ2n) is 6.22. The lowest BCUT2D eigenvalue weighted by molar-refractivity contribution is 0.450. The van der Waals surface area contributed by atoms with Gasteiger partial charge in [0.25, 0.3) is 0 Å². The minimum atomic E-state index is -0.0654. The summed E-state index contributed by atoms with van der Waals surface area (Å²) in [6.07, 6.45) is 0. The number of hydrogen-bond acceptors (Lipinski definition) is 4. The zero-order chi connectivity index (χ0) is 18.8. The Kier molecular flexibility index (Phi) is 4.26. The van der Waals surface area contributed by atoms with E-state index in [0.717, 1.165) is 16.8 Å². The smallest absolute Gasteiger partial charge is 0.176 e. The molecule has 0 aliphatic heterocycles. The van der Waals surface area contributed by atoms with E-state index in [1.54, 1.807) is 6.07 Å². The van der Waals surface area contributed by atoms with Crippen molar-refractivity contribution >= 4 is 0 Å². The summed E-state index contributed by atoms with van der Waals surface area (Å²) in [5.74, 6) is 1.12. The fourth-order valence-electron chi connectivity index (χ4n) is 2.93. The lowest BCUT2D eigenvalue weighted by Crippen LogP contribution is -1.89. The maximum absolute atomic E-state index is 10.2. The summed E-state index contributed by atoms with van der Waals surface area (Å²) in [5, 5.41) is 26.8. The first-order chi connectivity index (χ1) is 13.1. The minimum absolute atomic E-state index is 0.0125. The Bertz CT molecular complexity index is 1090. The van der Waals surface area contributed by atoms with E-state index in [4.69, 9.17) is 4.74 Å². The van der Waals surface area contributed by atoms with Gasteiger partial charge >= 0.3 is 0 Å². The lowest BCUT2D eigenvalue weighted by Gasteiger charge is -2.10. The molecular weight excluding hydrogens is 340 g/mol. The van der Waals surface area contributed by atoms with Crippen molar-refractivity contribution in [2.24, 2.45) is 0 Å². The van der Waals surface area contributed by atoms with E-state index in [1.807, 2.05) is 61.5 Å². The molecule has 0 saturated carbocycles. The molecule has 0 aliphatic rings. The van der Waals surface area contributed by atoms with Gasteiger partial charge in [0.15, 0.2) is 5.75 Å². The number of hydrogen-bond donors (Lipinski definition) is 3. The Hall–Kier alpha value is -3.73. The van der Waals surface area contributed by atoms with Gasteiger partial charge in [-0.05, 0) is 42.3 Å². The first kappa shape index (κ1) is 16.7. The van der Waals surface area contributed by atoms with Crippen LogP contribution in [0.15, 0.2) is 72.8 Å². The molecule has 0 unspecified atom stereocenters. The van der Waals surface area contributed by atoms with Crippen LogP contribution in [-0.4, -0.2) is 20.4 Å². The summed E-state index contributed by atoms with van der Waals surface area (Å²) in [6.45, 7) is 1.85. The fourth-order valence-corrected chi connectivity index (χ4v) is 2.93. The summed E-state index contributed by atoms with van der Waals surface area (Å²) in [5.41, 5.74) is 3.84. The van der Waals surface area contributed by atoms with Crippen LogP contribution in [0.3, 0.4) is 0 Å². The summed E-state index contributed by atoms with van der Waals surface area (Å²) in [6, 6.07) is 22.2. The molecule has 0 spiro atoms. The Morgan fingerprint density at radius 3 is 2.41 bits per heavy atom. The molecule has 0 radical (unpaired) electrons. The quantitative estimate of drug-likeness (QED) is 0.465. The van der Waals surface area contributed by atoms with E-state index in [2.05, 4.69) is 10.2 Å². The predicted octanol–water partition coefficient (Wildman–Crippen LogP) is 5.26. The van der Waals surface area contributed by atoms with Crippen LogP contribution in [0.4, 0.5) is 0 Å². The fraction of sp³-hybridized carbons (Fsp3) is 0.0455. The van der Waals surface area contributed by atoms with E-state index in [1.165, 1.54) is 12.1 Å². The number of H-pyrrole nitrogens is 1. The maximum Gasteiger partial charge on any atom is 0.176 e. The van der Waals surface area contributed by atoms with Crippen molar-refractivity contribution in [3.8, 4) is 45.4 Å². The number of aromatic nitrogens is 2. The molecule has 1 heterocycles. The Morgan fingerprint density at radius 1 is 0.852 bits per heavy atom. The highest BCUT2D eigenvalue weighted by atomic mass is 16.5. The van der Waals surface area contributed by atoms with Gasteiger partial charge in [0, 0.05) is 11.6 Å². The molecule has 4 rings (SSSR count). The standard InChI is InChI=1S/C22H18N2O3/c1-14-22(21(24-23-14)19-11-10-17(25)13-20(19)26)27-18-9-5-8-16(12-18)15-6-3-2-4-7-15/h2-13,25-26H,1H3,(H,23,24). The highest BCUT2D eigenvalue weighted by molar-refractivity contribution is 5.74. The number of nitrogens with zero attached hydrogens (tertiary/aromatic N) is 1. The second-order valence-corrected chi connectivity index (χ2v) is 6.22. The highest BCUT2D eigenvalue weighted by Gasteiger charge is 2.18. The third-order valence-electron chi connectivity index (χ3n) is 4.29. The molecule has 3 N–H and O–H groups in total. The van der Waals surface area contributed by atoms with Crippen LogP contribution in [0.25, 0.3) is 22.4 Å². The van der Waals surface area contributed by atoms with E-state index in [0.29, 0.717) is 22.8 Å². The molecule has 0 amide bonds. The molecule has 0 saturated heterocycles. The molecule has 0 aliphatic carbocycles. The van der Waals surface area contributed by atoms with E-state index in [-0.39, 0.29) is 11.5 Å². The number of aromatic amines is 1. The van der Waals surface area contributed by atoms with E-state index >= 15 is 0 Å². The first-order valence-electron chi connectivity index (χ1n) is 8.52. The summed E-state index contributed by atoms with van der Waals surface area (Å²) in [7, 11) is 0. The van der Waals surface area contributed by atoms with Gasteiger partial charge in [0.2, 0.25) is 0 Å². The van der Waals surface area contributed by atoms with Gasteiger partial charge in [-0.3, -0.25) is 5.10 Å². The normalized spacial score (nSPS) is 10.7. The number of aryl methyl sites for hydroxylation is 1. The molecule has 4 aromatic rings. The molecule has 134 valence electrons. The maximum atomic E-state index is 10.2. The molecule has 5 nitrogen and oxygen atoms in total. The highest BCUT2D eigenvalue weighted by Crippen LogP contribution is 2.40. The van der Waals surface area contributed by atoms with Crippen LogP contribution < -0.4 is 4.74 Å². The molecule has 0 bridgehead atoms. The van der Waals surface area contributed by atoms with Crippen molar-refractivity contribution in [3.05, 3.63) is 78.5 Å². The minimum Gasteiger partial charge on any atom is -0.508 e. The number of ether oxygens (including phenoxy) is 1. The average Bonchev–Trinajstić information content (AvgIpc) is 3.03. The number of benzene rings is 3. The monoisotopic (exact) mass is 358 g/mol. The van der Waals surface area contributed by atoms with Crippen LogP contribution in [0.5, 0.6) is 23.0 Å². The van der Waals surface area contributed by atoms with Crippen molar-refractivity contribution in [2.75, 3.05) is 0 Å². The Balaban J connectivity index is 1.71. The summed E-state index contributed by atoms with van der Waals surface area (Å²) >= 11 is 0. The van der Waals surface area contributed by atoms with E-state index < -0.39 is 0 Å². The van der Waals surface area contributed by atoms with Gasteiger partial charge in [-0.15, -0.1) is 0 Å². The van der Waals surface area contributed by atoms with Crippen molar-refractivity contribution in [1.29, 1.82) is 0 Å². The Morgan fingerprint density at radius 2 is 1.63 bits per heavy atom. The largest absolute Gasteiger partial charge is 0.508 e. The third-order valence-corrected chi connectivity index (χ3v) is 4.29. The van der Waals surface area contributed by atoms with Crippen LogP contribution in [0.2, 0.25) is 0 Å². The van der Waals surface area contributed by atoms with Gasteiger partial charge < -0.3 is 14.9 Å². The lowest BCUT2D eigenvalue weighted by atomic mass is 10.1. The number of phenolic OH excluding ortho intramolecular Hbond substituents is 2. The zero-order valence-corrected chi connectivity index (χ0v) is 14.7. The molecule has 0 atom stereocenters. The topological polar surface area (TPSA) is 78.4 Å². The number of rotatable bonds is 4. The van der Waals surface area contributed by atoms with E-state index in [9.17, 15) is 10.2 Å². The summed E-state index contributed by atoms with van der Waals surface area (Å²) < 4.78 is 6.11. The molecule has 0 fully saturated rings. The Labute approximate surface area is 156 Å². The molecule has 3 aromatic carbocycles.